The lowest BCUT2D eigenvalue weighted by Crippen LogP contribution is -2.16. The van der Waals surface area contributed by atoms with Gasteiger partial charge in [-0.2, -0.15) is 0 Å². The molecule has 3 aromatic rings. The van der Waals surface area contributed by atoms with E-state index in [9.17, 15) is 19.8 Å². The van der Waals surface area contributed by atoms with Crippen molar-refractivity contribution in [2.45, 2.75) is 66.2 Å². The van der Waals surface area contributed by atoms with Crippen molar-refractivity contribution in [3.63, 3.8) is 0 Å². The maximum absolute atomic E-state index is 12.5. The van der Waals surface area contributed by atoms with Crippen LogP contribution < -0.4 is 10.9 Å². The Hall–Kier alpha value is -2.96. The van der Waals surface area contributed by atoms with Crippen LogP contribution >= 0.6 is 0 Å². The quantitative estimate of drug-likeness (QED) is 0.339. The zero-order chi connectivity index (χ0) is 26.3. The summed E-state index contributed by atoms with van der Waals surface area (Å²) < 4.78 is 12.2. The molecular formula is C30H38O6. The Balaban J connectivity index is 1.89. The molecule has 0 amide bonds. The van der Waals surface area contributed by atoms with E-state index in [4.69, 9.17) is 8.83 Å². The Labute approximate surface area is 212 Å². The van der Waals surface area contributed by atoms with Gasteiger partial charge in [-0.05, 0) is 36.5 Å². The number of rotatable bonds is 12. The van der Waals surface area contributed by atoms with E-state index in [0.717, 1.165) is 25.7 Å². The van der Waals surface area contributed by atoms with Crippen molar-refractivity contribution in [2.75, 3.05) is 13.2 Å². The molecule has 0 radical (unpaired) electrons. The molecule has 0 spiro atoms. The molecule has 1 aromatic carbocycles. The highest BCUT2D eigenvalue weighted by molar-refractivity contribution is 5.78. The van der Waals surface area contributed by atoms with Gasteiger partial charge in [0.2, 0.25) is 0 Å². The third-order valence-corrected chi connectivity index (χ3v) is 6.50. The molecule has 0 aliphatic rings. The second-order valence-electron chi connectivity index (χ2n) is 11.1. The molecule has 194 valence electrons. The van der Waals surface area contributed by atoms with Crippen LogP contribution in [0.2, 0.25) is 0 Å². The molecule has 0 saturated heterocycles. The van der Waals surface area contributed by atoms with Crippen molar-refractivity contribution >= 4 is 0 Å². The lowest BCUT2D eigenvalue weighted by molar-refractivity contribution is 0.147. The van der Waals surface area contributed by atoms with Crippen LogP contribution in [0.25, 0.3) is 22.6 Å². The molecule has 0 unspecified atom stereocenters. The maximum atomic E-state index is 12.5. The SMILES string of the molecule is CC(C)(CO)CCCc1cc(=O)cc(-c2ccccc2-c2cc(=O)cc(CCCC(C)(C)CO)o2)o1. The second-order valence-corrected chi connectivity index (χ2v) is 11.1. The highest BCUT2D eigenvalue weighted by Crippen LogP contribution is 2.32. The first-order chi connectivity index (χ1) is 17.0. The van der Waals surface area contributed by atoms with Crippen LogP contribution in [-0.4, -0.2) is 23.4 Å². The fourth-order valence-corrected chi connectivity index (χ4v) is 4.12. The monoisotopic (exact) mass is 494 g/mol. The maximum Gasteiger partial charge on any atom is 0.185 e. The third-order valence-electron chi connectivity index (χ3n) is 6.50. The number of aliphatic hydroxyl groups is 2. The average Bonchev–Trinajstić information content (AvgIpc) is 2.83. The summed E-state index contributed by atoms with van der Waals surface area (Å²) in [5.41, 5.74) is 0.693. The third kappa shape index (κ3) is 7.77. The van der Waals surface area contributed by atoms with E-state index in [1.165, 1.54) is 24.3 Å². The first kappa shape index (κ1) is 27.6. The molecule has 0 bridgehead atoms. The minimum atomic E-state index is -0.180. The van der Waals surface area contributed by atoms with Crippen LogP contribution in [0.4, 0.5) is 0 Å². The number of benzene rings is 1. The summed E-state index contributed by atoms with van der Waals surface area (Å²) in [6.45, 7) is 8.23. The molecule has 2 N–H and O–H groups in total. The summed E-state index contributed by atoms with van der Waals surface area (Å²) in [6, 6.07) is 13.3. The van der Waals surface area contributed by atoms with Gasteiger partial charge in [-0.15, -0.1) is 0 Å². The van der Waals surface area contributed by atoms with Gasteiger partial charge in [0.25, 0.3) is 0 Å². The van der Waals surface area contributed by atoms with Crippen LogP contribution in [0.3, 0.4) is 0 Å². The van der Waals surface area contributed by atoms with Crippen molar-refractivity contribution in [1.29, 1.82) is 0 Å². The van der Waals surface area contributed by atoms with E-state index in [-0.39, 0.29) is 34.9 Å². The molecular weight excluding hydrogens is 456 g/mol. The van der Waals surface area contributed by atoms with E-state index in [1.807, 2.05) is 52.0 Å². The first-order valence-corrected chi connectivity index (χ1v) is 12.6. The van der Waals surface area contributed by atoms with Gasteiger partial charge in [0.1, 0.15) is 23.0 Å². The molecule has 0 aliphatic heterocycles. The van der Waals surface area contributed by atoms with E-state index >= 15 is 0 Å². The van der Waals surface area contributed by atoms with E-state index in [0.29, 0.717) is 47.0 Å². The second kappa shape index (κ2) is 11.8. The van der Waals surface area contributed by atoms with Crippen LogP contribution in [0.5, 0.6) is 0 Å². The lowest BCUT2D eigenvalue weighted by atomic mass is 9.88. The van der Waals surface area contributed by atoms with Gasteiger partial charge in [-0.25, -0.2) is 0 Å². The molecule has 2 aromatic heterocycles. The highest BCUT2D eigenvalue weighted by Gasteiger charge is 2.18. The zero-order valence-electron chi connectivity index (χ0n) is 21.8. The predicted molar refractivity (Wildman–Crippen MR) is 142 cm³/mol. The summed E-state index contributed by atoms with van der Waals surface area (Å²) in [5, 5.41) is 19.0. The molecule has 0 atom stereocenters. The van der Waals surface area contributed by atoms with E-state index in [2.05, 4.69) is 0 Å². The Bertz CT molecular complexity index is 1170. The predicted octanol–water partition coefficient (Wildman–Crippen LogP) is 5.61. The average molecular weight is 495 g/mol. The topological polar surface area (TPSA) is 101 Å². The molecule has 0 fully saturated rings. The van der Waals surface area contributed by atoms with Crippen LogP contribution in [0.1, 0.15) is 64.9 Å². The Morgan fingerprint density at radius 2 is 1.06 bits per heavy atom. The number of hydrogen-bond donors (Lipinski definition) is 2. The summed E-state index contributed by atoms with van der Waals surface area (Å²) in [4.78, 5) is 25.0. The highest BCUT2D eigenvalue weighted by atomic mass is 16.3. The van der Waals surface area contributed by atoms with Crippen LogP contribution in [-0.2, 0) is 12.8 Å². The standard InChI is InChI=1S/C30H38O6/c1-29(2,19-31)13-7-9-23-15-21(33)17-27(35-23)25-11-5-6-12-26(25)28-18-22(34)16-24(36-28)10-8-14-30(3,4)20-32/h5-6,11-12,15-18,31-32H,7-10,13-14,19-20H2,1-4H3. The molecule has 0 aliphatic carbocycles. The molecule has 6 nitrogen and oxygen atoms in total. The summed E-state index contributed by atoms with van der Waals surface area (Å²) in [5.74, 6) is 2.02. The Morgan fingerprint density at radius 1 is 0.667 bits per heavy atom. The summed E-state index contributed by atoms with van der Waals surface area (Å²) in [7, 11) is 0. The normalized spacial score (nSPS) is 12.2. The number of hydrogen-bond acceptors (Lipinski definition) is 6. The summed E-state index contributed by atoms with van der Waals surface area (Å²) in [6.07, 6.45) is 4.35. The zero-order valence-corrected chi connectivity index (χ0v) is 21.8. The summed E-state index contributed by atoms with van der Waals surface area (Å²) >= 11 is 0. The smallest absolute Gasteiger partial charge is 0.185 e. The van der Waals surface area contributed by atoms with Crippen molar-refractivity contribution in [2.24, 2.45) is 10.8 Å². The van der Waals surface area contributed by atoms with Crippen molar-refractivity contribution < 1.29 is 19.0 Å². The number of aryl methyl sites for hydroxylation is 2. The van der Waals surface area contributed by atoms with Crippen molar-refractivity contribution in [1.82, 2.24) is 0 Å². The largest absolute Gasteiger partial charge is 0.461 e. The van der Waals surface area contributed by atoms with Crippen LogP contribution in [0.15, 0.2) is 67.0 Å². The molecule has 3 rings (SSSR count). The van der Waals surface area contributed by atoms with Gasteiger partial charge in [0, 0.05) is 61.4 Å². The lowest BCUT2D eigenvalue weighted by Gasteiger charge is -2.21. The van der Waals surface area contributed by atoms with Gasteiger partial charge in [0.15, 0.2) is 10.9 Å². The van der Waals surface area contributed by atoms with E-state index < -0.39 is 0 Å². The number of aliphatic hydroxyl groups excluding tert-OH is 2. The minimum Gasteiger partial charge on any atom is -0.461 e. The van der Waals surface area contributed by atoms with Crippen molar-refractivity contribution in [3.8, 4) is 22.6 Å². The molecule has 36 heavy (non-hydrogen) atoms. The first-order valence-electron chi connectivity index (χ1n) is 12.6. The van der Waals surface area contributed by atoms with Gasteiger partial charge >= 0.3 is 0 Å². The van der Waals surface area contributed by atoms with E-state index in [1.54, 1.807) is 0 Å². The van der Waals surface area contributed by atoms with Gasteiger partial charge < -0.3 is 19.0 Å². The fraction of sp³-hybridized carbons (Fsp3) is 0.467. The minimum absolute atomic E-state index is 0.105. The molecule has 6 heteroatoms. The van der Waals surface area contributed by atoms with Gasteiger partial charge in [-0.1, -0.05) is 52.0 Å². The van der Waals surface area contributed by atoms with Crippen LogP contribution in [0, 0.1) is 10.8 Å². The molecule has 0 saturated carbocycles. The fourth-order valence-electron chi connectivity index (χ4n) is 4.12. The Kier molecular flexibility index (Phi) is 9.09. The molecule has 2 heterocycles. The van der Waals surface area contributed by atoms with Gasteiger partial charge in [-0.3, -0.25) is 9.59 Å². The van der Waals surface area contributed by atoms with Gasteiger partial charge in [0.05, 0.1) is 0 Å². The Morgan fingerprint density at radius 3 is 1.42 bits per heavy atom. The van der Waals surface area contributed by atoms with Crippen molar-refractivity contribution in [3.05, 3.63) is 80.5 Å².